The van der Waals surface area contributed by atoms with Crippen molar-refractivity contribution in [2.45, 2.75) is 77.7 Å². The van der Waals surface area contributed by atoms with Gasteiger partial charge < -0.3 is 30.9 Å². The van der Waals surface area contributed by atoms with Gasteiger partial charge in [-0.25, -0.2) is 0 Å². The third-order valence-electron chi connectivity index (χ3n) is 7.59. The van der Waals surface area contributed by atoms with Crippen molar-refractivity contribution < 1.29 is 19.5 Å². The number of hydrogen-bond donors (Lipinski definition) is 4. The number of carbonyl (C=O) groups is 3. The van der Waals surface area contributed by atoms with Gasteiger partial charge in [0.05, 0.1) is 35.8 Å². The molecule has 2 aliphatic rings. The van der Waals surface area contributed by atoms with E-state index in [9.17, 15) is 19.5 Å². The molecule has 1 unspecified atom stereocenters. The lowest BCUT2D eigenvalue weighted by molar-refractivity contribution is -0.132. The molecule has 4 rings (SSSR count). The molecule has 224 valence electrons. The summed E-state index contributed by atoms with van der Waals surface area (Å²) in [5.41, 5.74) is 3.55. The summed E-state index contributed by atoms with van der Waals surface area (Å²) < 4.78 is 0. The Hall–Kier alpha value is -3.21. The van der Waals surface area contributed by atoms with Crippen molar-refractivity contribution in [1.82, 2.24) is 20.9 Å². The first-order chi connectivity index (χ1) is 19.2. The predicted octanol–water partition coefficient (Wildman–Crippen LogP) is 2.18. The highest BCUT2D eigenvalue weighted by Gasteiger charge is 2.38. The number of hydrogen-bond acceptors (Lipinski definition) is 7. The lowest BCUT2D eigenvalue weighted by Gasteiger charge is -2.38. The van der Waals surface area contributed by atoms with Crippen molar-refractivity contribution in [2.75, 3.05) is 29.4 Å². The van der Waals surface area contributed by atoms with Gasteiger partial charge in [0.25, 0.3) is 0 Å². The largest absolute Gasteiger partial charge is 0.392 e. The van der Waals surface area contributed by atoms with E-state index in [-0.39, 0.29) is 42.6 Å². The van der Waals surface area contributed by atoms with Gasteiger partial charge in [-0.1, -0.05) is 32.0 Å². The first kappa shape index (κ1) is 32.3. The number of benzene rings is 1. The summed E-state index contributed by atoms with van der Waals surface area (Å²) in [5.74, 6) is -0.780. The Morgan fingerprint density at radius 1 is 1.17 bits per heavy atom. The maximum absolute atomic E-state index is 14.0. The normalized spacial score (nSPS) is 20.7. The number of amides is 3. The number of halogens is 1. The molecule has 0 radical (unpaired) electrons. The number of anilines is 2. The number of β-amino-alcohol motifs (C(OH)–C–C–N with tert-alkyl or cyclic N) is 1. The molecule has 10 nitrogen and oxygen atoms in total. The van der Waals surface area contributed by atoms with Crippen LogP contribution in [0.5, 0.6) is 0 Å². The Kier molecular flexibility index (Phi) is 11.5. The van der Waals surface area contributed by atoms with E-state index >= 15 is 0 Å². The van der Waals surface area contributed by atoms with Gasteiger partial charge in [-0.05, 0) is 56.4 Å². The van der Waals surface area contributed by atoms with Crippen molar-refractivity contribution in [3.05, 3.63) is 53.9 Å². The number of aliphatic hydroxyl groups is 1. The third kappa shape index (κ3) is 7.75. The summed E-state index contributed by atoms with van der Waals surface area (Å²) in [5, 5.41) is 18.6. The van der Waals surface area contributed by atoms with E-state index in [1.54, 1.807) is 11.1 Å². The van der Waals surface area contributed by atoms with Crippen LogP contribution < -0.4 is 25.8 Å². The lowest BCUT2D eigenvalue weighted by Crippen LogP contribution is -2.58. The van der Waals surface area contributed by atoms with E-state index in [4.69, 9.17) is 0 Å². The number of nitrogens with one attached hydrogen (secondary N) is 3. The summed E-state index contributed by atoms with van der Waals surface area (Å²) in [7, 11) is 0. The molecule has 0 saturated carbocycles. The number of aromatic nitrogens is 1. The Balaban J connectivity index is 0.00000462. The zero-order chi connectivity index (χ0) is 28.8. The van der Waals surface area contributed by atoms with Crippen molar-refractivity contribution in [3.8, 4) is 0 Å². The van der Waals surface area contributed by atoms with Crippen LogP contribution in [0.15, 0.2) is 42.6 Å². The summed E-state index contributed by atoms with van der Waals surface area (Å²) >= 11 is 0. The molecule has 0 aliphatic carbocycles. The highest BCUT2D eigenvalue weighted by molar-refractivity contribution is 6.05. The molecule has 3 heterocycles. The van der Waals surface area contributed by atoms with E-state index in [1.807, 2.05) is 50.2 Å². The van der Waals surface area contributed by atoms with Gasteiger partial charge in [-0.3, -0.25) is 19.4 Å². The Bertz CT molecular complexity index is 1190. The number of aliphatic hydroxyl groups excluding tert-OH is 1. The molecule has 41 heavy (non-hydrogen) atoms. The van der Waals surface area contributed by atoms with Crippen molar-refractivity contribution in [2.24, 2.45) is 5.92 Å². The smallest absolute Gasteiger partial charge is 0.250 e. The average molecular weight is 587 g/mol. The molecular formula is C30H43ClN6O4. The first-order valence-electron chi connectivity index (χ1n) is 14.3. The number of nitrogens with zero attached hydrogens (tertiary/aromatic N) is 3. The van der Waals surface area contributed by atoms with E-state index in [0.29, 0.717) is 25.8 Å². The van der Waals surface area contributed by atoms with Crippen LogP contribution in [0.4, 0.5) is 11.4 Å². The summed E-state index contributed by atoms with van der Waals surface area (Å²) in [6.45, 7) is 10.3. The molecule has 1 saturated heterocycles. The number of para-hydroxylation sites is 1. The third-order valence-corrected chi connectivity index (χ3v) is 7.59. The molecular weight excluding hydrogens is 544 g/mol. The fourth-order valence-electron chi connectivity index (χ4n) is 5.57. The molecule has 1 fully saturated rings. The average Bonchev–Trinajstić information content (AvgIpc) is 3.38. The molecule has 1 aromatic heterocycles. The summed E-state index contributed by atoms with van der Waals surface area (Å²) in [6, 6.07) is 9.52. The minimum atomic E-state index is -0.799. The van der Waals surface area contributed by atoms with Crippen LogP contribution in [0.1, 0.15) is 51.8 Å². The second-order valence-corrected chi connectivity index (χ2v) is 11.0. The molecule has 0 bridgehead atoms. The van der Waals surface area contributed by atoms with Crippen LogP contribution in [-0.4, -0.2) is 71.7 Å². The molecule has 2 aromatic rings. The van der Waals surface area contributed by atoms with Crippen LogP contribution in [0.25, 0.3) is 0 Å². The zero-order valence-electron chi connectivity index (χ0n) is 24.3. The zero-order valence-corrected chi connectivity index (χ0v) is 25.1. The van der Waals surface area contributed by atoms with Gasteiger partial charge in [0.1, 0.15) is 12.1 Å². The van der Waals surface area contributed by atoms with E-state index in [2.05, 4.69) is 39.7 Å². The molecule has 4 N–H and O–H groups in total. The van der Waals surface area contributed by atoms with Crippen LogP contribution in [0.2, 0.25) is 0 Å². The van der Waals surface area contributed by atoms with Gasteiger partial charge in [0.15, 0.2) is 0 Å². The van der Waals surface area contributed by atoms with Gasteiger partial charge in [0, 0.05) is 32.3 Å². The molecule has 11 heteroatoms. The van der Waals surface area contributed by atoms with Gasteiger partial charge in [-0.2, -0.15) is 0 Å². The highest BCUT2D eigenvalue weighted by Crippen LogP contribution is 2.38. The Labute approximate surface area is 248 Å². The van der Waals surface area contributed by atoms with E-state index in [0.717, 1.165) is 35.7 Å². The highest BCUT2D eigenvalue weighted by atomic mass is 35.5. The second kappa shape index (κ2) is 14.6. The maximum atomic E-state index is 14.0. The maximum Gasteiger partial charge on any atom is 0.250 e. The van der Waals surface area contributed by atoms with Gasteiger partial charge in [0.2, 0.25) is 17.7 Å². The molecule has 3 amide bonds. The summed E-state index contributed by atoms with van der Waals surface area (Å²) in [4.78, 5) is 48.9. The number of fused-ring (bicyclic) bond motifs is 1. The van der Waals surface area contributed by atoms with Crippen molar-refractivity contribution >= 4 is 41.5 Å². The number of rotatable bonds is 11. The van der Waals surface area contributed by atoms with Crippen LogP contribution >= 0.6 is 12.4 Å². The minimum Gasteiger partial charge on any atom is -0.392 e. The molecule has 4 atom stereocenters. The molecule has 1 aromatic carbocycles. The van der Waals surface area contributed by atoms with Gasteiger partial charge in [-0.15, -0.1) is 12.4 Å². The Morgan fingerprint density at radius 2 is 1.93 bits per heavy atom. The van der Waals surface area contributed by atoms with Crippen molar-refractivity contribution in [3.63, 3.8) is 0 Å². The number of pyridine rings is 1. The van der Waals surface area contributed by atoms with Crippen LogP contribution in [-0.2, 0) is 27.3 Å². The van der Waals surface area contributed by atoms with Gasteiger partial charge >= 0.3 is 0 Å². The SMILES string of the molecule is CCN(CC)c1cccc2c1N(Cc1ccccn1)C(=O)C(NC(=O)[C@@H](CC(C)C)NC(=O)[C@H]1C[C@@H](O)CN1)C2.Cl. The first-order valence-corrected chi connectivity index (χ1v) is 14.3. The molecule has 0 spiro atoms. The van der Waals surface area contributed by atoms with E-state index < -0.39 is 24.2 Å². The van der Waals surface area contributed by atoms with Crippen LogP contribution in [0.3, 0.4) is 0 Å². The molecule has 2 aliphatic heterocycles. The monoisotopic (exact) mass is 586 g/mol. The quantitative estimate of drug-likeness (QED) is 0.318. The number of carbonyl (C=O) groups excluding carboxylic acids is 3. The topological polar surface area (TPSA) is 127 Å². The standard InChI is InChI=1S/C30H42N6O4.ClH/c1-5-35(6-2)26-12-9-10-20-15-25(30(40)36(27(20)26)18-21-11-7-8-13-31-21)34-29(39)24(14-19(3)4)33-28(38)23-16-22(37)17-32-23;/h7-13,19,22-25,32,37H,5-6,14-18H2,1-4H3,(H,33,38)(H,34,39);1H/t22-,23-,24-,25?;/m1./s1. The predicted molar refractivity (Wildman–Crippen MR) is 162 cm³/mol. The lowest BCUT2D eigenvalue weighted by atomic mass is 9.94. The second-order valence-electron chi connectivity index (χ2n) is 11.0. The minimum absolute atomic E-state index is 0. The fraction of sp³-hybridized carbons (Fsp3) is 0.533. The van der Waals surface area contributed by atoms with E-state index in [1.165, 1.54) is 0 Å². The van der Waals surface area contributed by atoms with Crippen molar-refractivity contribution in [1.29, 1.82) is 0 Å². The van der Waals surface area contributed by atoms with Crippen LogP contribution in [0, 0.1) is 5.92 Å². The Morgan fingerprint density at radius 3 is 2.54 bits per heavy atom. The summed E-state index contributed by atoms with van der Waals surface area (Å²) in [6.07, 6.45) is 2.20. The fourth-order valence-corrected chi connectivity index (χ4v) is 5.57.